The summed E-state index contributed by atoms with van der Waals surface area (Å²) in [6.45, 7) is 3.37. The Bertz CT molecular complexity index is 359. The third-order valence-corrected chi connectivity index (χ3v) is 2.68. The fraction of sp³-hybridized carbons (Fsp3) is 0.571. The Hall–Kier alpha value is -1.30. The van der Waals surface area contributed by atoms with Crippen molar-refractivity contribution in [2.45, 2.75) is 13.0 Å². The van der Waals surface area contributed by atoms with Crippen LogP contribution in [0.3, 0.4) is 0 Å². The van der Waals surface area contributed by atoms with Gasteiger partial charge in [-0.1, -0.05) is 19.1 Å². The van der Waals surface area contributed by atoms with Gasteiger partial charge in [-0.15, -0.1) is 0 Å². The van der Waals surface area contributed by atoms with Crippen molar-refractivity contribution >= 4 is 0 Å². The number of ether oxygens (including phenoxy) is 2. The number of aliphatic hydroxyl groups is 2. The van der Waals surface area contributed by atoms with Gasteiger partial charge in [0.05, 0.1) is 7.11 Å². The van der Waals surface area contributed by atoms with E-state index in [1.165, 1.54) is 0 Å². The molecule has 0 aliphatic heterocycles. The number of hydrogen-bond acceptors (Lipinski definition) is 5. The van der Waals surface area contributed by atoms with Crippen molar-refractivity contribution in [3.05, 3.63) is 24.3 Å². The Morgan fingerprint density at radius 2 is 1.89 bits per heavy atom. The number of methoxy groups -OCH3 is 1. The Kier molecular flexibility index (Phi) is 7.25. The molecule has 0 saturated carbocycles. The van der Waals surface area contributed by atoms with Gasteiger partial charge in [0.2, 0.25) is 0 Å². The van der Waals surface area contributed by atoms with Crippen molar-refractivity contribution in [2.24, 2.45) is 5.92 Å². The molecule has 0 aliphatic carbocycles. The van der Waals surface area contributed by atoms with E-state index in [-0.39, 0.29) is 19.1 Å². The van der Waals surface area contributed by atoms with E-state index in [1.54, 1.807) is 13.2 Å². The topological polar surface area (TPSA) is 71.0 Å². The second-order valence-corrected chi connectivity index (χ2v) is 4.56. The fourth-order valence-corrected chi connectivity index (χ4v) is 1.54. The van der Waals surface area contributed by atoms with Crippen LogP contribution in [-0.2, 0) is 0 Å². The van der Waals surface area contributed by atoms with Crippen molar-refractivity contribution in [1.29, 1.82) is 0 Å². The van der Waals surface area contributed by atoms with Gasteiger partial charge in [0.1, 0.15) is 12.7 Å². The Morgan fingerprint density at radius 3 is 2.53 bits per heavy atom. The molecule has 1 aromatic carbocycles. The molecule has 5 heteroatoms. The molecule has 0 heterocycles. The molecule has 0 radical (unpaired) electrons. The molecule has 0 spiro atoms. The highest BCUT2D eigenvalue weighted by atomic mass is 16.5. The van der Waals surface area contributed by atoms with Crippen LogP contribution in [0.5, 0.6) is 11.5 Å². The van der Waals surface area contributed by atoms with Crippen molar-refractivity contribution in [2.75, 3.05) is 33.4 Å². The smallest absolute Gasteiger partial charge is 0.161 e. The monoisotopic (exact) mass is 269 g/mol. The van der Waals surface area contributed by atoms with Gasteiger partial charge in [-0.2, -0.15) is 0 Å². The van der Waals surface area contributed by atoms with Crippen molar-refractivity contribution < 1.29 is 19.7 Å². The molecule has 5 nitrogen and oxygen atoms in total. The van der Waals surface area contributed by atoms with E-state index >= 15 is 0 Å². The van der Waals surface area contributed by atoms with Gasteiger partial charge in [0, 0.05) is 13.2 Å². The minimum atomic E-state index is -0.601. The zero-order valence-corrected chi connectivity index (χ0v) is 11.5. The van der Waals surface area contributed by atoms with E-state index in [0.29, 0.717) is 24.6 Å². The number of rotatable bonds is 9. The average Bonchev–Trinajstić information content (AvgIpc) is 2.45. The van der Waals surface area contributed by atoms with E-state index in [9.17, 15) is 5.11 Å². The van der Waals surface area contributed by atoms with Crippen LogP contribution in [-0.4, -0.2) is 49.7 Å². The molecule has 0 aromatic heterocycles. The summed E-state index contributed by atoms with van der Waals surface area (Å²) in [5.41, 5.74) is 0. The summed E-state index contributed by atoms with van der Waals surface area (Å²) in [6.07, 6.45) is -0.601. The first-order valence-electron chi connectivity index (χ1n) is 6.42. The number of nitrogens with one attached hydrogen (secondary N) is 1. The highest BCUT2D eigenvalue weighted by molar-refractivity contribution is 5.39. The largest absolute Gasteiger partial charge is 0.493 e. The van der Waals surface area contributed by atoms with Gasteiger partial charge in [0.25, 0.3) is 0 Å². The number of para-hydroxylation sites is 2. The van der Waals surface area contributed by atoms with E-state index in [1.807, 2.05) is 25.1 Å². The molecule has 2 unspecified atom stereocenters. The van der Waals surface area contributed by atoms with E-state index < -0.39 is 6.10 Å². The quantitative estimate of drug-likeness (QED) is 0.614. The van der Waals surface area contributed by atoms with E-state index in [2.05, 4.69) is 5.32 Å². The fourth-order valence-electron chi connectivity index (χ4n) is 1.54. The molecule has 0 saturated heterocycles. The number of benzene rings is 1. The van der Waals surface area contributed by atoms with Crippen LogP contribution < -0.4 is 14.8 Å². The minimum absolute atomic E-state index is 0.140. The first kappa shape index (κ1) is 15.8. The summed E-state index contributed by atoms with van der Waals surface area (Å²) < 4.78 is 10.7. The Balaban J connectivity index is 2.27. The van der Waals surface area contributed by atoms with Gasteiger partial charge in [-0.05, 0) is 24.6 Å². The Labute approximate surface area is 114 Å². The maximum atomic E-state index is 9.77. The predicted molar refractivity (Wildman–Crippen MR) is 73.6 cm³/mol. The summed E-state index contributed by atoms with van der Waals surface area (Å²) in [5.74, 6) is 1.45. The molecule has 108 valence electrons. The third kappa shape index (κ3) is 5.92. The lowest BCUT2D eigenvalue weighted by atomic mass is 10.2. The van der Waals surface area contributed by atoms with Crippen LogP contribution in [0.2, 0.25) is 0 Å². The van der Waals surface area contributed by atoms with Crippen LogP contribution in [0.25, 0.3) is 0 Å². The minimum Gasteiger partial charge on any atom is -0.493 e. The van der Waals surface area contributed by atoms with E-state index in [4.69, 9.17) is 14.6 Å². The maximum absolute atomic E-state index is 9.77. The highest BCUT2D eigenvalue weighted by Gasteiger charge is 2.08. The lowest BCUT2D eigenvalue weighted by molar-refractivity contribution is 0.103. The summed E-state index contributed by atoms with van der Waals surface area (Å²) in [4.78, 5) is 0. The first-order valence-corrected chi connectivity index (χ1v) is 6.42. The molecule has 0 bridgehead atoms. The normalized spacial score (nSPS) is 13.9. The van der Waals surface area contributed by atoms with Gasteiger partial charge in [-0.3, -0.25) is 0 Å². The molecule has 1 aromatic rings. The lowest BCUT2D eigenvalue weighted by Crippen LogP contribution is -2.34. The van der Waals surface area contributed by atoms with Crippen molar-refractivity contribution in [3.63, 3.8) is 0 Å². The molecule has 0 amide bonds. The van der Waals surface area contributed by atoms with E-state index in [0.717, 1.165) is 0 Å². The van der Waals surface area contributed by atoms with Crippen LogP contribution in [0.1, 0.15) is 6.92 Å². The maximum Gasteiger partial charge on any atom is 0.161 e. The molecule has 1 rings (SSSR count). The standard InChI is InChI=1S/C14H23NO4/c1-11(9-16)7-15-8-12(17)10-19-14-6-4-3-5-13(14)18-2/h3-6,11-12,15-17H,7-10H2,1-2H3. The third-order valence-electron chi connectivity index (χ3n) is 2.68. The molecular weight excluding hydrogens is 246 g/mol. The zero-order chi connectivity index (χ0) is 14.1. The van der Waals surface area contributed by atoms with Crippen LogP contribution in [0, 0.1) is 5.92 Å². The SMILES string of the molecule is COc1ccccc1OCC(O)CNCC(C)CO. The van der Waals surface area contributed by atoms with Crippen LogP contribution in [0.15, 0.2) is 24.3 Å². The summed E-state index contributed by atoms with van der Waals surface area (Å²) in [7, 11) is 1.58. The second kappa shape index (κ2) is 8.74. The van der Waals surface area contributed by atoms with Gasteiger partial charge >= 0.3 is 0 Å². The molecule has 3 N–H and O–H groups in total. The molecule has 19 heavy (non-hydrogen) atoms. The van der Waals surface area contributed by atoms with Gasteiger partial charge < -0.3 is 25.0 Å². The molecule has 2 atom stereocenters. The molecular formula is C14H23NO4. The second-order valence-electron chi connectivity index (χ2n) is 4.56. The highest BCUT2D eigenvalue weighted by Crippen LogP contribution is 2.25. The molecule has 0 aliphatic rings. The predicted octanol–water partition coefficient (Wildman–Crippen LogP) is 0.653. The first-order chi connectivity index (χ1) is 9.17. The summed E-state index contributed by atoms with van der Waals surface area (Å²) in [5, 5.41) is 21.7. The summed E-state index contributed by atoms with van der Waals surface area (Å²) in [6, 6.07) is 7.32. The Morgan fingerprint density at radius 1 is 1.21 bits per heavy atom. The van der Waals surface area contributed by atoms with Crippen molar-refractivity contribution in [1.82, 2.24) is 5.32 Å². The summed E-state index contributed by atoms with van der Waals surface area (Å²) >= 11 is 0. The molecule has 0 fully saturated rings. The van der Waals surface area contributed by atoms with Crippen LogP contribution >= 0.6 is 0 Å². The average molecular weight is 269 g/mol. The van der Waals surface area contributed by atoms with Crippen LogP contribution in [0.4, 0.5) is 0 Å². The van der Waals surface area contributed by atoms with Gasteiger partial charge in [0.15, 0.2) is 11.5 Å². The zero-order valence-electron chi connectivity index (χ0n) is 11.5. The number of aliphatic hydroxyl groups excluding tert-OH is 2. The lowest BCUT2D eigenvalue weighted by Gasteiger charge is -2.16. The number of hydrogen-bond donors (Lipinski definition) is 3. The van der Waals surface area contributed by atoms with Crippen molar-refractivity contribution in [3.8, 4) is 11.5 Å². The van der Waals surface area contributed by atoms with Gasteiger partial charge in [-0.25, -0.2) is 0 Å².